The maximum Gasteiger partial charge on any atom is 0.236 e. The molecule has 0 rings (SSSR count). The van der Waals surface area contributed by atoms with E-state index in [9.17, 15) is 4.79 Å². The summed E-state index contributed by atoms with van der Waals surface area (Å²) >= 11 is 0. The van der Waals surface area contributed by atoms with Crippen LogP contribution < -0.4 is 11.1 Å². The second kappa shape index (κ2) is 4.32. The van der Waals surface area contributed by atoms with Crippen molar-refractivity contribution in [3.63, 3.8) is 0 Å². The SMILES string of the molecule is CCC[C@@H](N)C(=O)NC. The first-order chi connectivity index (χ1) is 4.22. The zero-order chi connectivity index (χ0) is 7.28. The van der Waals surface area contributed by atoms with E-state index >= 15 is 0 Å². The van der Waals surface area contributed by atoms with Gasteiger partial charge in [0.2, 0.25) is 5.91 Å². The number of hydrogen-bond acceptors (Lipinski definition) is 2. The lowest BCUT2D eigenvalue weighted by Crippen LogP contribution is -2.38. The van der Waals surface area contributed by atoms with E-state index in [1.165, 1.54) is 0 Å². The molecule has 0 aromatic heterocycles. The van der Waals surface area contributed by atoms with Gasteiger partial charge in [-0.3, -0.25) is 4.79 Å². The number of nitrogens with one attached hydrogen (secondary N) is 1. The standard InChI is InChI=1S/C6H14N2O/c1-3-4-5(7)6(9)8-2/h5H,3-4,7H2,1-2H3,(H,8,9)/t5-/m1/s1. The lowest BCUT2D eigenvalue weighted by Gasteiger charge is -2.06. The lowest BCUT2D eigenvalue weighted by molar-refractivity contribution is -0.122. The summed E-state index contributed by atoms with van der Waals surface area (Å²) in [6.07, 6.45) is 1.72. The van der Waals surface area contributed by atoms with Crippen molar-refractivity contribution in [1.82, 2.24) is 5.32 Å². The van der Waals surface area contributed by atoms with Crippen molar-refractivity contribution >= 4 is 5.91 Å². The molecule has 3 N–H and O–H groups in total. The van der Waals surface area contributed by atoms with Gasteiger partial charge in [0.1, 0.15) is 0 Å². The molecule has 0 saturated heterocycles. The third kappa shape index (κ3) is 3.08. The molecule has 1 atom stereocenters. The molecule has 1 amide bonds. The van der Waals surface area contributed by atoms with Crippen molar-refractivity contribution < 1.29 is 4.79 Å². The Hall–Kier alpha value is -0.570. The van der Waals surface area contributed by atoms with Gasteiger partial charge in [0.05, 0.1) is 6.04 Å². The van der Waals surface area contributed by atoms with Crippen molar-refractivity contribution in [1.29, 1.82) is 0 Å². The Labute approximate surface area is 55.6 Å². The van der Waals surface area contributed by atoms with Crippen LogP contribution in [0, 0.1) is 0 Å². The van der Waals surface area contributed by atoms with E-state index in [1.807, 2.05) is 6.92 Å². The first-order valence-corrected chi connectivity index (χ1v) is 3.19. The fourth-order valence-corrected chi connectivity index (χ4v) is 0.627. The third-order valence-corrected chi connectivity index (χ3v) is 1.18. The van der Waals surface area contributed by atoms with E-state index in [1.54, 1.807) is 7.05 Å². The van der Waals surface area contributed by atoms with Crippen molar-refractivity contribution in [2.24, 2.45) is 5.73 Å². The number of rotatable bonds is 3. The van der Waals surface area contributed by atoms with Crippen LogP contribution in [0.1, 0.15) is 19.8 Å². The summed E-state index contributed by atoms with van der Waals surface area (Å²) in [5.74, 6) is -0.0724. The van der Waals surface area contributed by atoms with Crippen LogP contribution >= 0.6 is 0 Å². The van der Waals surface area contributed by atoms with Crippen LogP contribution in [0.2, 0.25) is 0 Å². The van der Waals surface area contributed by atoms with Gasteiger partial charge < -0.3 is 11.1 Å². The molecule has 0 bridgehead atoms. The molecule has 3 heteroatoms. The quantitative estimate of drug-likeness (QED) is 0.558. The van der Waals surface area contributed by atoms with Crippen molar-refractivity contribution in [3.05, 3.63) is 0 Å². The van der Waals surface area contributed by atoms with Crippen LogP contribution in [0.15, 0.2) is 0 Å². The molecule has 0 aromatic rings. The van der Waals surface area contributed by atoms with Gasteiger partial charge in [-0.25, -0.2) is 0 Å². The minimum Gasteiger partial charge on any atom is -0.358 e. The van der Waals surface area contributed by atoms with Crippen molar-refractivity contribution in [2.45, 2.75) is 25.8 Å². The zero-order valence-corrected chi connectivity index (χ0v) is 5.98. The minimum absolute atomic E-state index is 0.0724. The zero-order valence-electron chi connectivity index (χ0n) is 5.98. The van der Waals surface area contributed by atoms with E-state index in [0.29, 0.717) is 0 Å². The first-order valence-electron chi connectivity index (χ1n) is 3.19. The number of carbonyl (C=O) groups excluding carboxylic acids is 1. The minimum atomic E-state index is -0.319. The van der Waals surface area contributed by atoms with Crippen molar-refractivity contribution in [3.8, 4) is 0 Å². The summed E-state index contributed by atoms with van der Waals surface area (Å²) in [4.78, 5) is 10.7. The summed E-state index contributed by atoms with van der Waals surface area (Å²) in [5, 5.41) is 2.49. The van der Waals surface area contributed by atoms with Crippen LogP contribution in [0.4, 0.5) is 0 Å². The molecule has 0 aliphatic rings. The van der Waals surface area contributed by atoms with E-state index < -0.39 is 0 Å². The Morgan fingerprint density at radius 2 is 2.33 bits per heavy atom. The van der Waals surface area contributed by atoms with Crippen molar-refractivity contribution in [2.75, 3.05) is 7.05 Å². The van der Waals surface area contributed by atoms with E-state index in [-0.39, 0.29) is 11.9 Å². The highest BCUT2D eigenvalue weighted by Gasteiger charge is 2.08. The molecule has 0 saturated carbocycles. The highest BCUT2D eigenvalue weighted by Crippen LogP contribution is 1.91. The van der Waals surface area contributed by atoms with Crippen LogP contribution in [0.5, 0.6) is 0 Å². The normalized spacial score (nSPS) is 12.8. The average Bonchev–Trinajstić information content (AvgIpc) is 1.87. The van der Waals surface area contributed by atoms with Gasteiger partial charge in [-0.2, -0.15) is 0 Å². The van der Waals surface area contributed by atoms with E-state index in [4.69, 9.17) is 5.73 Å². The van der Waals surface area contributed by atoms with Crippen LogP contribution in [-0.2, 0) is 4.79 Å². The molecule has 0 aliphatic heterocycles. The van der Waals surface area contributed by atoms with Crippen LogP contribution in [0.25, 0.3) is 0 Å². The fraction of sp³-hybridized carbons (Fsp3) is 0.833. The van der Waals surface area contributed by atoms with Gasteiger partial charge in [0, 0.05) is 7.05 Å². The average molecular weight is 130 g/mol. The molecule has 0 spiro atoms. The Morgan fingerprint density at radius 3 is 2.67 bits per heavy atom. The molecule has 0 unspecified atom stereocenters. The highest BCUT2D eigenvalue weighted by molar-refractivity contribution is 5.80. The summed E-state index contributed by atoms with van der Waals surface area (Å²) in [7, 11) is 1.60. The monoisotopic (exact) mass is 130 g/mol. The number of nitrogens with two attached hydrogens (primary N) is 1. The van der Waals surface area contributed by atoms with Gasteiger partial charge >= 0.3 is 0 Å². The number of hydrogen-bond donors (Lipinski definition) is 2. The predicted molar refractivity (Wildman–Crippen MR) is 37.0 cm³/mol. The van der Waals surface area contributed by atoms with Gasteiger partial charge in [0.15, 0.2) is 0 Å². The number of carbonyl (C=O) groups is 1. The van der Waals surface area contributed by atoms with Gasteiger partial charge in [-0.15, -0.1) is 0 Å². The maximum absolute atomic E-state index is 10.7. The molecule has 9 heavy (non-hydrogen) atoms. The summed E-state index contributed by atoms with van der Waals surface area (Å²) in [6.45, 7) is 2.00. The summed E-state index contributed by atoms with van der Waals surface area (Å²) < 4.78 is 0. The molecular formula is C6H14N2O. The topological polar surface area (TPSA) is 55.1 Å². The van der Waals surface area contributed by atoms with Gasteiger partial charge in [-0.1, -0.05) is 13.3 Å². The largest absolute Gasteiger partial charge is 0.358 e. The molecule has 0 aromatic carbocycles. The number of amides is 1. The third-order valence-electron chi connectivity index (χ3n) is 1.18. The predicted octanol–water partition coefficient (Wildman–Crippen LogP) is -0.140. The molecule has 3 nitrogen and oxygen atoms in total. The molecule has 0 heterocycles. The second-order valence-corrected chi connectivity index (χ2v) is 2.01. The van der Waals surface area contributed by atoms with Crippen LogP contribution in [-0.4, -0.2) is 19.0 Å². The molecular weight excluding hydrogens is 116 g/mol. The Balaban J connectivity index is 3.45. The summed E-state index contributed by atoms with van der Waals surface area (Å²) in [5.41, 5.74) is 5.43. The van der Waals surface area contributed by atoms with Crippen LogP contribution in [0.3, 0.4) is 0 Å². The molecule has 0 fully saturated rings. The smallest absolute Gasteiger partial charge is 0.236 e. The molecule has 0 radical (unpaired) electrons. The fourth-order valence-electron chi connectivity index (χ4n) is 0.627. The van der Waals surface area contributed by atoms with Gasteiger partial charge in [0.25, 0.3) is 0 Å². The van der Waals surface area contributed by atoms with Gasteiger partial charge in [-0.05, 0) is 6.42 Å². The summed E-state index contributed by atoms with van der Waals surface area (Å²) in [6, 6.07) is -0.319. The maximum atomic E-state index is 10.7. The Bertz CT molecular complexity index is 93.1. The molecule has 54 valence electrons. The Kier molecular flexibility index (Phi) is 4.05. The lowest BCUT2D eigenvalue weighted by atomic mass is 10.2. The Morgan fingerprint density at radius 1 is 1.78 bits per heavy atom. The second-order valence-electron chi connectivity index (χ2n) is 2.01. The van der Waals surface area contributed by atoms with E-state index in [0.717, 1.165) is 12.8 Å². The first kappa shape index (κ1) is 8.43. The highest BCUT2D eigenvalue weighted by atomic mass is 16.2. The molecule has 0 aliphatic carbocycles. The number of likely N-dealkylation sites (N-methyl/N-ethyl adjacent to an activating group) is 1. The van der Waals surface area contributed by atoms with E-state index in [2.05, 4.69) is 5.32 Å².